The van der Waals surface area contributed by atoms with Crippen LogP contribution in [0.4, 0.5) is 0 Å². The number of benzene rings is 1. The van der Waals surface area contributed by atoms with E-state index in [9.17, 15) is 0 Å². The molecule has 1 aliphatic rings. The smallest absolute Gasteiger partial charge is 0.0692 e. The summed E-state index contributed by atoms with van der Waals surface area (Å²) in [5.74, 6) is 0. The lowest BCUT2D eigenvalue weighted by atomic mass is 9.99. The van der Waals surface area contributed by atoms with Crippen molar-refractivity contribution in [3.8, 4) is 0 Å². The molecule has 0 aliphatic carbocycles. The van der Waals surface area contributed by atoms with Crippen LogP contribution in [0.25, 0.3) is 5.57 Å². The van der Waals surface area contributed by atoms with E-state index < -0.39 is 0 Å². The van der Waals surface area contributed by atoms with Crippen LogP contribution in [0.5, 0.6) is 0 Å². The lowest BCUT2D eigenvalue weighted by Gasteiger charge is -2.26. The maximum Gasteiger partial charge on any atom is 0.0692 e. The number of halogens is 2. The maximum absolute atomic E-state index is 5.94. The largest absolute Gasteiger partial charge is 0.299 e. The van der Waals surface area contributed by atoms with Crippen LogP contribution in [-0.4, -0.2) is 39.5 Å². The average molecular weight is 353 g/mol. The summed E-state index contributed by atoms with van der Waals surface area (Å²) in [4.78, 5) is 2.51. The molecule has 0 atom stereocenters. The van der Waals surface area contributed by atoms with Crippen LogP contribution in [0.15, 0.2) is 42.7 Å². The van der Waals surface area contributed by atoms with Crippen molar-refractivity contribution in [2.75, 3.05) is 19.6 Å². The van der Waals surface area contributed by atoms with E-state index in [-0.39, 0.29) is 12.4 Å². The van der Waals surface area contributed by atoms with Crippen LogP contribution >= 0.6 is 24.0 Å². The minimum absolute atomic E-state index is 0. The average Bonchev–Trinajstić information content (AvgIpc) is 3.06. The van der Waals surface area contributed by atoms with Gasteiger partial charge in [0.15, 0.2) is 0 Å². The molecule has 0 spiro atoms. The maximum atomic E-state index is 5.94. The van der Waals surface area contributed by atoms with Gasteiger partial charge in [-0.05, 0) is 49.1 Å². The number of hydrogen-bond acceptors (Lipinski definition) is 3. The Balaban J connectivity index is 0.00000192. The van der Waals surface area contributed by atoms with Crippen LogP contribution < -0.4 is 0 Å². The van der Waals surface area contributed by atoms with E-state index in [4.69, 9.17) is 11.6 Å². The first-order valence-corrected chi connectivity index (χ1v) is 8.20. The molecule has 0 N–H and O–H groups in total. The molecule has 0 unspecified atom stereocenters. The van der Waals surface area contributed by atoms with Crippen molar-refractivity contribution in [3.05, 3.63) is 53.3 Å². The minimum atomic E-state index is 0. The lowest BCUT2D eigenvalue weighted by molar-refractivity contribution is 0.291. The molecule has 2 heterocycles. The number of hydrogen-bond donors (Lipinski definition) is 0. The van der Waals surface area contributed by atoms with E-state index in [1.807, 2.05) is 23.0 Å². The van der Waals surface area contributed by atoms with Gasteiger partial charge in [0.05, 0.1) is 6.20 Å². The van der Waals surface area contributed by atoms with Gasteiger partial charge in [-0.25, -0.2) is 0 Å². The van der Waals surface area contributed by atoms with Gasteiger partial charge < -0.3 is 0 Å². The zero-order valence-corrected chi connectivity index (χ0v) is 14.6. The summed E-state index contributed by atoms with van der Waals surface area (Å²) in [6.07, 6.45) is 9.46. The Labute approximate surface area is 148 Å². The normalized spacial score (nSPS) is 15.1. The lowest BCUT2D eigenvalue weighted by Crippen LogP contribution is -2.29. The molecule has 0 saturated carbocycles. The summed E-state index contributed by atoms with van der Waals surface area (Å²) in [5.41, 5.74) is 2.74. The second-order valence-corrected chi connectivity index (χ2v) is 6.10. The molecule has 1 aromatic heterocycles. The molecule has 1 aromatic carbocycles. The van der Waals surface area contributed by atoms with Crippen molar-refractivity contribution >= 4 is 29.6 Å². The van der Waals surface area contributed by atoms with Crippen molar-refractivity contribution in [3.63, 3.8) is 0 Å². The summed E-state index contributed by atoms with van der Waals surface area (Å²) in [6, 6.07) is 8.16. The van der Waals surface area contributed by atoms with E-state index in [0.717, 1.165) is 44.0 Å². The third-order valence-electron chi connectivity index (χ3n) is 4.09. The zero-order valence-electron chi connectivity index (χ0n) is 13.1. The fourth-order valence-corrected chi connectivity index (χ4v) is 2.93. The van der Waals surface area contributed by atoms with E-state index in [1.54, 1.807) is 6.20 Å². The van der Waals surface area contributed by atoms with Gasteiger partial charge in [-0.1, -0.05) is 35.0 Å². The Hall–Kier alpha value is -1.36. The molecule has 124 valence electrons. The van der Waals surface area contributed by atoms with Gasteiger partial charge in [-0.15, -0.1) is 17.5 Å². The second kappa shape index (κ2) is 9.06. The number of rotatable bonds is 6. The number of aromatic nitrogens is 3. The highest BCUT2D eigenvalue weighted by molar-refractivity contribution is 6.30. The molecular formula is C17H22Cl2N4. The van der Waals surface area contributed by atoms with Crippen LogP contribution in [0.1, 0.15) is 24.8 Å². The number of nitrogens with zero attached hydrogens (tertiary/aromatic N) is 4. The number of aryl methyl sites for hydroxylation is 1. The van der Waals surface area contributed by atoms with Crippen LogP contribution in [-0.2, 0) is 6.54 Å². The molecule has 23 heavy (non-hydrogen) atoms. The third-order valence-corrected chi connectivity index (χ3v) is 4.34. The van der Waals surface area contributed by atoms with Crippen molar-refractivity contribution in [2.24, 2.45) is 0 Å². The molecule has 0 saturated heterocycles. The molecular weight excluding hydrogens is 331 g/mol. The summed E-state index contributed by atoms with van der Waals surface area (Å²) < 4.78 is 1.90. The summed E-state index contributed by atoms with van der Waals surface area (Å²) in [5, 5.41) is 8.60. The molecule has 1 aliphatic heterocycles. The fraction of sp³-hybridized carbons (Fsp3) is 0.412. The Morgan fingerprint density at radius 3 is 2.52 bits per heavy atom. The van der Waals surface area contributed by atoms with Crippen LogP contribution in [0.2, 0.25) is 5.02 Å². The Morgan fingerprint density at radius 1 is 1.09 bits per heavy atom. The van der Waals surface area contributed by atoms with Crippen LogP contribution in [0.3, 0.4) is 0 Å². The summed E-state index contributed by atoms with van der Waals surface area (Å²) >= 11 is 5.94. The van der Waals surface area contributed by atoms with Gasteiger partial charge >= 0.3 is 0 Å². The van der Waals surface area contributed by atoms with Crippen molar-refractivity contribution in [2.45, 2.75) is 25.8 Å². The molecule has 0 radical (unpaired) electrons. The molecule has 0 bridgehead atoms. The highest BCUT2D eigenvalue weighted by Gasteiger charge is 2.12. The highest BCUT2D eigenvalue weighted by atomic mass is 35.5. The monoisotopic (exact) mass is 352 g/mol. The van der Waals surface area contributed by atoms with E-state index >= 15 is 0 Å². The zero-order chi connectivity index (χ0) is 15.2. The molecule has 4 nitrogen and oxygen atoms in total. The molecule has 0 amide bonds. The first-order valence-electron chi connectivity index (χ1n) is 7.83. The van der Waals surface area contributed by atoms with Gasteiger partial charge in [0.25, 0.3) is 0 Å². The first-order chi connectivity index (χ1) is 10.8. The molecule has 6 heteroatoms. The van der Waals surface area contributed by atoms with Gasteiger partial charge in [0.1, 0.15) is 0 Å². The van der Waals surface area contributed by atoms with Gasteiger partial charge in [0, 0.05) is 30.9 Å². The van der Waals surface area contributed by atoms with Crippen molar-refractivity contribution in [1.82, 2.24) is 19.9 Å². The van der Waals surface area contributed by atoms with Crippen molar-refractivity contribution in [1.29, 1.82) is 0 Å². The molecule has 3 rings (SSSR count). The second-order valence-electron chi connectivity index (χ2n) is 5.66. The topological polar surface area (TPSA) is 34.0 Å². The SMILES string of the molecule is Cl.Clc1ccc(C2=CCN(CCCCn3ccnn3)CC2)cc1. The Bertz CT molecular complexity index is 608. The minimum Gasteiger partial charge on any atom is -0.299 e. The van der Waals surface area contributed by atoms with E-state index in [2.05, 4.69) is 33.4 Å². The predicted molar refractivity (Wildman–Crippen MR) is 97.0 cm³/mol. The first kappa shape index (κ1) is 18.0. The third kappa shape index (κ3) is 5.34. The van der Waals surface area contributed by atoms with Gasteiger partial charge in [-0.3, -0.25) is 9.58 Å². The Morgan fingerprint density at radius 2 is 1.87 bits per heavy atom. The Kier molecular flexibility index (Phi) is 7.09. The van der Waals surface area contributed by atoms with Gasteiger partial charge in [-0.2, -0.15) is 0 Å². The van der Waals surface area contributed by atoms with Crippen molar-refractivity contribution < 1.29 is 0 Å². The quantitative estimate of drug-likeness (QED) is 0.738. The predicted octanol–water partition coefficient (Wildman–Crippen LogP) is 3.92. The number of unbranched alkanes of at least 4 members (excludes halogenated alkanes) is 1. The fourth-order valence-electron chi connectivity index (χ4n) is 2.80. The van der Waals surface area contributed by atoms with Gasteiger partial charge in [0.2, 0.25) is 0 Å². The summed E-state index contributed by atoms with van der Waals surface area (Å²) in [6.45, 7) is 4.29. The van der Waals surface area contributed by atoms with E-state index in [1.165, 1.54) is 17.6 Å². The molecule has 2 aromatic rings. The highest BCUT2D eigenvalue weighted by Crippen LogP contribution is 2.23. The summed E-state index contributed by atoms with van der Waals surface area (Å²) in [7, 11) is 0. The standard InChI is InChI=1S/C17H21ClN4.ClH/c18-17-5-3-15(4-6-17)16-7-12-21(13-8-16)10-1-2-11-22-14-9-19-20-22;/h3-7,9,14H,1-2,8,10-13H2;1H. The van der Waals surface area contributed by atoms with Crippen LogP contribution in [0, 0.1) is 0 Å². The molecule has 0 fully saturated rings. The van der Waals surface area contributed by atoms with E-state index in [0.29, 0.717) is 0 Å².